The molecule has 0 atom stereocenters. The smallest absolute Gasteiger partial charge is 0.271 e. The van der Waals surface area contributed by atoms with E-state index in [2.05, 4.69) is 33.6 Å². The lowest BCUT2D eigenvalue weighted by atomic mass is 9.91. The Morgan fingerprint density at radius 1 is 1.19 bits per heavy atom. The first-order chi connectivity index (χ1) is 10.1. The Balaban J connectivity index is 1.90. The predicted octanol–water partition coefficient (Wildman–Crippen LogP) is 3.22. The van der Waals surface area contributed by atoms with Crippen LogP contribution < -0.4 is 5.73 Å². The highest BCUT2D eigenvalue weighted by Gasteiger charge is 2.34. The van der Waals surface area contributed by atoms with Crippen LogP contribution in [0.15, 0.2) is 4.52 Å². The van der Waals surface area contributed by atoms with Crippen molar-refractivity contribution >= 4 is 11.5 Å². The summed E-state index contributed by atoms with van der Waals surface area (Å²) in [6, 6.07) is 0. The maximum atomic E-state index is 6.53. The molecular formula is C14H21N5OS. The average Bonchev–Trinajstić information content (AvgIpc) is 3.06. The summed E-state index contributed by atoms with van der Waals surface area (Å²) in [4.78, 5) is 5.42. The topological polar surface area (TPSA) is 90.7 Å². The normalized spacial score (nSPS) is 18.9. The van der Waals surface area contributed by atoms with Gasteiger partial charge in [-0.3, -0.25) is 0 Å². The van der Waals surface area contributed by atoms with E-state index in [1.54, 1.807) is 0 Å². The van der Waals surface area contributed by atoms with Gasteiger partial charge in [0.1, 0.15) is 4.88 Å². The van der Waals surface area contributed by atoms with Crippen molar-refractivity contribution in [3.63, 3.8) is 0 Å². The highest BCUT2D eigenvalue weighted by atomic mass is 32.1. The first kappa shape index (κ1) is 14.6. The molecule has 114 valence electrons. The van der Waals surface area contributed by atoms with E-state index in [0.29, 0.717) is 11.7 Å². The molecule has 2 heterocycles. The van der Waals surface area contributed by atoms with Crippen LogP contribution in [-0.4, -0.2) is 19.7 Å². The molecule has 0 spiro atoms. The molecule has 3 rings (SSSR count). The van der Waals surface area contributed by atoms with Crippen molar-refractivity contribution < 1.29 is 4.52 Å². The fraction of sp³-hybridized carbons (Fsp3) is 0.714. The average molecular weight is 307 g/mol. The van der Waals surface area contributed by atoms with Gasteiger partial charge in [-0.1, -0.05) is 49.2 Å². The molecule has 0 aromatic carbocycles. The van der Waals surface area contributed by atoms with Gasteiger partial charge in [-0.2, -0.15) is 4.98 Å². The summed E-state index contributed by atoms with van der Waals surface area (Å²) in [7, 11) is 0. The molecule has 2 N–H and O–H groups in total. The van der Waals surface area contributed by atoms with Crippen molar-refractivity contribution in [3.05, 3.63) is 11.5 Å². The van der Waals surface area contributed by atoms with Gasteiger partial charge in [0.25, 0.3) is 5.89 Å². The maximum Gasteiger partial charge on any atom is 0.271 e. The number of nitrogens with two attached hydrogens (primary N) is 1. The quantitative estimate of drug-likeness (QED) is 0.875. The number of nitrogens with zero attached hydrogens (tertiary/aromatic N) is 4. The molecule has 1 aliphatic rings. The Labute approximate surface area is 128 Å². The molecule has 0 amide bonds. The first-order valence-electron chi connectivity index (χ1n) is 7.56. The standard InChI is InChI=1S/C14H21N5OS/c1-9(2)10-11(21-19-17-10)12-16-13(18-20-12)14(15)7-5-3-4-6-8-14/h9H,3-8,15H2,1-2H3. The van der Waals surface area contributed by atoms with Crippen molar-refractivity contribution in [3.8, 4) is 10.8 Å². The van der Waals surface area contributed by atoms with Crippen molar-refractivity contribution in [1.82, 2.24) is 19.7 Å². The lowest BCUT2D eigenvalue weighted by molar-refractivity contribution is 0.334. The number of hydrogen-bond donors (Lipinski definition) is 1. The molecule has 1 aliphatic carbocycles. The summed E-state index contributed by atoms with van der Waals surface area (Å²) in [5.41, 5.74) is 6.99. The van der Waals surface area contributed by atoms with Crippen LogP contribution in [0.25, 0.3) is 10.8 Å². The van der Waals surface area contributed by atoms with Crippen LogP contribution in [0.2, 0.25) is 0 Å². The zero-order valence-electron chi connectivity index (χ0n) is 12.5. The van der Waals surface area contributed by atoms with Gasteiger partial charge < -0.3 is 10.3 Å². The number of hydrogen-bond acceptors (Lipinski definition) is 7. The van der Waals surface area contributed by atoms with Crippen molar-refractivity contribution in [2.75, 3.05) is 0 Å². The Bertz CT molecular complexity index is 598. The Morgan fingerprint density at radius 3 is 2.57 bits per heavy atom. The van der Waals surface area contributed by atoms with Crippen LogP contribution in [0.1, 0.15) is 69.8 Å². The predicted molar refractivity (Wildman–Crippen MR) is 80.9 cm³/mol. The molecule has 6 nitrogen and oxygen atoms in total. The second-order valence-electron chi connectivity index (χ2n) is 6.14. The van der Waals surface area contributed by atoms with Gasteiger partial charge in [-0.25, -0.2) is 0 Å². The van der Waals surface area contributed by atoms with Gasteiger partial charge in [0.2, 0.25) is 0 Å². The van der Waals surface area contributed by atoms with Crippen LogP contribution >= 0.6 is 11.5 Å². The molecule has 2 aromatic heterocycles. The zero-order chi connectivity index (χ0) is 14.9. The minimum Gasteiger partial charge on any atom is -0.333 e. The van der Waals surface area contributed by atoms with Crippen LogP contribution in [0, 0.1) is 0 Å². The van der Waals surface area contributed by atoms with Gasteiger partial charge in [-0.05, 0) is 30.3 Å². The van der Waals surface area contributed by atoms with Crippen LogP contribution in [0.4, 0.5) is 0 Å². The fourth-order valence-corrected chi connectivity index (χ4v) is 3.57. The second-order valence-corrected chi connectivity index (χ2v) is 6.89. The molecule has 21 heavy (non-hydrogen) atoms. The van der Waals surface area contributed by atoms with Crippen molar-refractivity contribution in [2.45, 2.75) is 63.8 Å². The summed E-state index contributed by atoms with van der Waals surface area (Å²) in [5.74, 6) is 1.40. The molecule has 0 bridgehead atoms. The van der Waals surface area contributed by atoms with E-state index < -0.39 is 5.54 Å². The summed E-state index contributed by atoms with van der Waals surface area (Å²) in [6.45, 7) is 4.15. The van der Waals surface area contributed by atoms with E-state index in [-0.39, 0.29) is 5.92 Å². The van der Waals surface area contributed by atoms with E-state index in [9.17, 15) is 0 Å². The molecule has 7 heteroatoms. The third-order valence-electron chi connectivity index (χ3n) is 4.12. The minimum absolute atomic E-state index is 0.277. The van der Waals surface area contributed by atoms with Gasteiger partial charge >= 0.3 is 0 Å². The molecule has 1 saturated carbocycles. The molecule has 0 radical (unpaired) electrons. The maximum absolute atomic E-state index is 6.53. The Morgan fingerprint density at radius 2 is 1.90 bits per heavy atom. The molecular weight excluding hydrogens is 286 g/mol. The molecule has 0 unspecified atom stereocenters. The Kier molecular flexibility index (Phi) is 4.03. The van der Waals surface area contributed by atoms with E-state index in [0.717, 1.165) is 36.3 Å². The van der Waals surface area contributed by atoms with E-state index >= 15 is 0 Å². The monoisotopic (exact) mass is 307 g/mol. The Hall–Kier alpha value is -1.34. The molecule has 0 saturated heterocycles. The van der Waals surface area contributed by atoms with Crippen LogP contribution in [0.3, 0.4) is 0 Å². The number of rotatable bonds is 3. The van der Waals surface area contributed by atoms with Gasteiger partial charge in [0, 0.05) is 0 Å². The summed E-state index contributed by atoms with van der Waals surface area (Å²) in [5, 5.41) is 8.31. The highest BCUT2D eigenvalue weighted by Crippen LogP contribution is 2.35. The zero-order valence-corrected chi connectivity index (χ0v) is 13.3. The van der Waals surface area contributed by atoms with Gasteiger partial charge in [0.15, 0.2) is 5.82 Å². The minimum atomic E-state index is -0.450. The number of aromatic nitrogens is 4. The molecule has 1 fully saturated rings. The lowest BCUT2D eigenvalue weighted by Gasteiger charge is -2.23. The van der Waals surface area contributed by atoms with Crippen molar-refractivity contribution in [2.24, 2.45) is 5.73 Å². The molecule has 2 aromatic rings. The third-order valence-corrected chi connectivity index (χ3v) is 4.85. The third kappa shape index (κ3) is 2.85. The lowest BCUT2D eigenvalue weighted by Crippen LogP contribution is -2.37. The summed E-state index contributed by atoms with van der Waals surface area (Å²) < 4.78 is 9.45. The van der Waals surface area contributed by atoms with E-state index in [4.69, 9.17) is 10.3 Å². The van der Waals surface area contributed by atoms with Gasteiger partial charge in [-0.15, -0.1) is 5.10 Å². The van der Waals surface area contributed by atoms with Gasteiger partial charge in [0.05, 0.1) is 11.2 Å². The van der Waals surface area contributed by atoms with Crippen molar-refractivity contribution in [1.29, 1.82) is 0 Å². The molecule has 0 aliphatic heterocycles. The summed E-state index contributed by atoms with van der Waals surface area (Å²) in [6.07, 6.45) is 6.56. The fourth-order valence-electron chi connectivity index (χ4n) is 2.82. The largest absolute Gasteiger partial charge is 0.333 e. The van der Waals surface area contributed by atoms with Crippen LogP contribution in [-0.2, 0) is 5.54 Å². The summed E-state index contributed by atoms with van der Waals surface area (Å²) >= 11 is 1.30. The highest BCUT2D eigenvalue weighted by molar-refractivity contribution is 7.09. The van der Waals surface area contributed by atoms with E-state index in [1.807, 2.05) is 0 Å². The van der Waals surface area contributed by atoms with Crippen LogP contribution in [0.5, 0.6) is 0 Å². The SMILES string of the molecule is CC(C)c1nnsc1-c1nc(C2(N)CCCCCC2)no1. The second kappa shape index (κ2) is 5.81. The van der Waals surface area contributed by atoms with E-state index in [1.165, 1.54) is 24.4 Å². The first-order valence-corrected chi connectivity index (χ1v) is 8.33.